The van der Waals surface area contributed by atoms with Gasteiger partial charge in [0.05, 0.1) is 42.5 Å². The van der Waals surface area contributed by atoms with Crippen LogP contribution in [0.25, 0.3) is 16.7 Å². The van der Waals surface area contributed by atoms with Crippen LogP contribution in [0.5, 0.6) is 5.75 Å². The summed E-state index contributed by atoms with van der Waals surface area (Å²) in [4.78, 5) is 28.3. The number of nitrogens with zero attached hydrogens (tertiary/aromatic N) is 7. The Morgan fingerprint density at radius 2 is 2.07 bits per heavy atom. The average Bonchev–Trinajstić information content (AvgIpc) is 3.67. The summed E-state index contributed by atoms with van der Waals surface area (Å²) < 4.78 is 12.6. The molecule has 0 saturated carbocycles. The normalized spacial score (nSPS) is 16.4. The summed E-state index contributed by atoms with van der Waals surface area (Å²) >= 11 is 0. The maximum absolute atomic E-state index is 13.9. The summed E-state index contributed by atoms with van der Waals surface area (Å²) in [7, 11) is 0. The van der Waals surface area contributed by atoms with Gasteiger partial charge in [0.1, 0.15) is 17.4 Å². The summed E-state index contributed by atoms with van der Waals surface area (Å²) in [6.45, 7) is -0.199. The molecule has 3 aromatic heterocycles. The fourth-order valence-corrected chi connectivity index (χ4v) is 5.04. The Bertz CT molecular complexity index is 1910. The molecule has 15 heteroatoms. The number of phenolic OH excluding ortho intramolecular Hbond substituents is 1. The molecule has 1 aliphatic heterocycles. The molecule has 4 heterocycles. The van der Waals surface area contributed by atoms with Crippen LogP contribution in [-0.4, -0.2) is 78.6 Å². The van der Waals surface area contributed by atoms with Gasteiger partial charge in [-0.15, -0.1) is 10.2 Å². The predicted octanol–water partition coefficient (Wildman–Crippen LogP) is 1.10. The molecule has 5 N–H and O–H groups in total. The number of ether oxygens (including phenoxy) is 1. The number of aliphatic hydroxyl groups is 1. The van der Waals surface area contributed by atoms with Gasteiger partial charge in [0.25, 0.3) is 11.8 Å². The SMILES string of the molecule is N#Cc1cc(-n2ccc(N3CCO[C@H](C(O)(CNC(=O)c4ccccc4O)Cc4ccc5c(N)noc5c4)C3=O)n2)cnn1. The molecule has 0 spiro atoms. The van der Waals surface area contributed by atoms with E-state index >= 15 is 0 Å². The van der Waals surface area contributed by atoms with Gasteiger partial charge in [-0.3, -0.25) is 14.5 Å². The van der Waals surface area contributed by atoms with E-state index in [0.29, 0.717) is 22.2 Å². The Hall–Kier alpha value is -5.85. The minimum atomic E-state index is -1.96. The van der Waals surface area contributed by atoms with E-state index in [4.69, 9.17) is 20.3 Å². The number of para-hydroxylation sites is 1. The fourth-order valence-electron chi connectivity index (χ4n) is 5.04. The summed E-state index contributed by atoms with van der Waals surface area (Å²) in [5.41, 5.74) is 5.39. The van der Waals surface area contributed by atoms with Gasteiger partial charge in [-0.1, -0.05) is 23.4 Å². The number of carbonyl (C=O) groups excluding carboxylic acids is 2. The van der Waals surface area contributed by atoms with Crippen LogP contribution in [0.15, 0.2) is 71.5 Å². The van der Waals surface area contributed by atoms with E-state index in [2.05, 4.69) is 25.8 Å². The number of benzene rings is 2. The van der Waals surface area contributed by atoms with Crippen molar-refractivity contribution in [2.75, 3.05) is 30.3 Å². The highest BCUT2D eigenvalue weighted by molar-refractivity contribution is 5.98. The van der Waals surface area contributed by atoms with Crippen LogP contribution in [0.3, 0.4) is 0 Å². The molecule has 1 fully saturated rings. The molecule has 0 bridgehead atoms. The van der Waals surface area contributed by atoms with Crippen molar-refractivity contribution in [1.82, 2.24) is 30.5 Å². The number of amides is 2. The second-order valence-corrected chi connectivity index (χ2v) is 10.1. The number of nitrogen functional groups attached to an aromatic ring is 1. The van der Waals surface area contributed by atoms with E-state index < -0.39 is 30.1 Å². The van der Waals surface area contributed by atoms with Crippen molar-refractivity contribution in [1.29, 1.82) is 5.26 Å². The van der Waals surface area contributed by atoms with Crippen molar-refractivity contribution in [2.45, 2.75) is 18.1 Å². The first-order chi connectivity index (χ1) is 21.3. The number of hydrogen-bond acceptors (Lipinski definition) is 12. The van der Waals surface area contributed by atoms with Crippen molar-refractivity contribution in [3.05, 3.63) is 83.8 Å². The molecule has 1 aliphatic rings. The van der Waals surface area contributed by atoms with Gasteiger partial charge in [-0.05, 0) is 29.8 Å². The molecule has 2 amide bonds. The molecule has 0 radical (unpaired) electrons. The lowest BCUT2D eigenvalue weighted by atomic mass is 9.86. The molecule has 15 nitrogen and oxygen atoms in total. The monoisotopic (exact) mass is 595 g/mol. The number of nitrogens with two attached hydrogens (primary N) is 1. The van der Waals surface area contributed by atoms with E-state index in [1.807, 2.05) is 6.07 Å². The van der Waals surface area contributed by atoms with Crippen molar-refractivity contribution in [3.8, 4) is 17.5 Å². The van der Waals surface area contributed by atoms with Gasteiger partial charge in [0.15, 0.2) is 29.0 Å². The van der Waals surface area contributed by atoms with E-state index in [0.717, 1.165) is 0 Å². The van der Waals surface area contributed by atoms with E-state index in [-0.39, 0.29) is 48.2 Å². The molecule has 222 valence electrons. The molecule has 5 aromatic rings. The third-order valence-corrected chi connectivity index (χ3v) is 7.23. The third kappa shape index (κ3) is 5.38. The van der Waals surface area contributed by atoms with Crippen molar-refractivity contribution in [3.63, 3.8) is 0 Å². The second kappa shape index (κ2) is 11.4. The van der Waals surface area contributed by atoms with Crippen LogP contribution in [-0.2, 0) is 16.0 Å². The Labute approximate surface area is 249 Å². The fraction of sp³-hybridized carbons (Fsp3) is 0.207. The summed E-state index contributed by atoms with van der Waals surface area (Å²) in [5.74, 6) is -0.986. The number of nitrogens with one attached hydrogen (secondary N) is 1. The van der Waals surface area contributed by atoms with Crippen LogP contribution in [0.4, 0.5) is 11.6 Å². The lowest BCUT2D eigenvalue weighted by molar-refractivity contribution is -0.157. The summed E-state index contributed by atoms with van der Waals surface area (Å²) in [6.07, 6.45) is 1.46. The lowest BCUT2D eigenvalue weighted by Gasteiger charge is -2.40. The first-order valence-electron chi connectivity index (χ1n) is 13.4. The highest BCUT2D eigenvalue weighted by Crippen LogP contribution is 2.29. The number of hydrogen-bond donors (Lipinski definition) is 4. The standard InChI is InChI=1S/C29H25N9O6/c30-14-18-12-19(15-33-34-18)38-8-7-24(35-38)37-9-10-43-25(28(37)41)29(42,16-32-27(40)20-3-1-2-4-22(20)39)13-17-5-6-21-23(11-17)44-36-26(21)31/h1-8,11-12,15,25,39,42H,9-10,13,16H2,(H2,31,36)(H,32,40)/t25-,29?/m0/s1. The van der Waals surface area contributed by atoms with Crippen molar-refractivity contribution in [2.24, 2.45) is 0 Å². The Balaban J connectivity index is 1.29. The molecule has 1 unspecified atom stereocenters. The smallest absolute Gasteiger partial charge is 0.260 e. The third-order valence-electron chi connectivity index (χ3n) is 7.23. The van der Waals surface area contributed by atoms with Gasteiger partial charge in [0, 0.05) is 24.8 Å². The predicted molar refractivity (Wildman–Crippen MR) is 153 cm³/mol. The van der Waals surface area contributed by atoms with Crippen LogP contribution in [0.2, 0.25) is 0 Å². The highest BCUT2D eigenvalue weighted by atomic mass is 16.5. The second-order valence-electron chi connectivity index (χ2n) is 10.1. The first kappa shape index (κ1) is 28.3. The number of anilines is 2. The van der Waals surface area contributed by atoms with Gasteiger partial charge in [0.2, 0.25) is 0 Å². The number of rotatable bonds is 8. The molecular formula is C29H25N9O6. The maximum atomic E-state index is 13.9. The van der Waals surface area contributed by atoms with Crippen LogP contribution in [0.1, 0.15) is 21.6 Å². The van der Waals surface area contributed by atoms with Crippen LogP contribution < -0.4 is 16.0 Å². The van der Waals surface area contributed by atoms with Gasteiger partial charge >= 0.3 is 0 Å². The quantitative estimate of drug-likeness (QED) is 0.198. The van der Waals surface area contributed by atoms with Gasteiger partial charge < -0.3 is 30.5 Å². The van der Waals surface area contributed by atoms with Gasteiger partial charge in [-0.2, -0.15) is 10.4 Å². The Kier molecular flexibility index (Phi) is 7.35. The van der Waals surface area contributed by atoms with Crippen LogP contribution >= 0.6 is 0 Å². The zero-order valence-electron chi connectivity index (χ0n) is 23.0. The zero-order valence-corrected chi connectivity index (χ0v) is 23.0. The minimum Gasteiger partial charge on any atom is -0.507 e. The molecule has 1 saturated heterocycles. The number of carbonyl (C=O) groups is 2. The number of morpholine rings is 1. The number of fused-ring (bicyclic) bond motifs is 1. The average molecular weight is 596 g/mol. The zero-order chi connectivity index (χ0) is 30.8. The van der Waals surface area contributed by atoms with Crippen molar-refractivity contribution >= 4 is 34.4 Å². The summed E-state index contributed by atoms with van der Waals surface area (Å²) in [5, 5.41) is 50.4. The number of nitriles is 1. The Morgan fingerprint density at radius 3 is 2.89 bits per heavy atom. The molecule has 6 rings (SSSR count). The van der Waals surface area contributed by atoms with Gasteiger partial charge in [-0.25, -0.2) is 4.68 Å². The molecule has 2 atom stereocenters. The van der Waals surface area contributed by atoms with E-state index in [1.54, 1.807) is 42.6 Å². The molecule has 0 aliphatic carbocycles. The minimum absolute atomic E-state index is 0.00150. The number of aromatic nitrogens is 5. The topological polar surface area (TPSA) is 219 Å². The van der Waals surface area contributed by atoms with E-state index in [1.165, 1.54) is 34.0 Å². The van der Waals surface area contributed by atoms with Crippen molar-refractivity contribution < 1.29 is 29.1 Å². The molecule has 2 aromatic carbocycles. The number of phenols is 1. The largest absolute Gasteiger partial charge is 0.507 e. The van der Waals surface area contributed by atoms with Crippen LogP contribution in [0, 0.1) is 11.3 Å². The van der Waals surface area contributed by atoms with E-state index in [9.17, 15) is 19.8 Å². The maximum Gasteiger partial charge on any atom is 0.260 e. The Morgan fingerprint density at radius 1 is 1.23 bits per heavy atom. The molecule has 44 heavy (non-hydrogen) atoms. The lowest BCUT2D eigenvalue weighted by Crippen LogP contribution is -2.63. The first-order valence-corrected chi connectivity index (χ1v) is 13.4. The summed E-state index contributed by atoms with van der Waals surface area (Å²) in [6, 6.07) is 16.0. The highest BCUT2D eigenvalue weighted by Gasteiger charge is 2.47. The molecular weight excluding hydrogens is 570 g/mol. The number of aromatic hydroxyl groups is 1.